The van der Waals surface area contributed by atoms with Gasteiger partial charge in [0.25, 0.3) is 0 Å². The van der Waals surface area contributed by atoms with Gasteiger partial charge >= 0.3 is 5.97 Å². The summed E-state index contributed by atoms with van der Waals surface area (Å²) in [6, 6.07) is 0. The molecule has 1 aliphatic carbocycles. The summed E-state index contributed by atoms with van der Waals surface area (Å²) in [6.45, 7) is 4.57. The molecule has 12 heavy (non-hydrogen) atoms. The van der Waals surface area contributed by atoms with Gasteiger partial charge in [0, 0.05) is 11.8 Å². The number of oxime groups is 1. The summed E-state index contributed by atoms with van der Waals surface area (Å²) in [5, 5.41) is 11.6. The zero-order valence-electron chi connectivity index (χ0n) is 7.07. The predicted octanol–water partition coefficient (Wildman–Crippen LogP) is 0.646. The van der Waals surface area contributed by atoms with Crippen molar-refractivity contribution in [2.45, 2.75) is 13.8 Å². The van der Waals surface area contributed by atoms with Crippen molar-refractivity contribution < 1.29 is 14.7 Å². The highest BCUT2D eigenvalue weighted by molar-refractivity contribution is 6.38. The van der Waals surface area contributed by atoms with Crippen molar-refractivity contribution in [1.82, 2.24) is 0 Å². The van der Waals surface area contributed by atoms with Crippen LogP contribution in [-0.2, 0) is 9.53 Å². The Morgan fingerprint density at radius 3 is 2.83 bits per heavy atom. The third-order valence-corrected chi connectivity index (χ3v) is 3.06. The fraction of sp³-hybridized carbons (Fsp3) is 0.750. The first-order valence-corrected chi connectivity index (χ1v) is 3.98. The predicted molar refractivity (Wildman–Crippen MR) is 40.9 cm³/mol. The van der Waals surface area contributed by atoms with E-state index < -0.39 is 5.97 Å². The zero-order valence-corrected chi connectivity index (χ0v) is 7.07. The normalized spacial score (nSPS) is 40.5. The van der Waals surface area contributed by atoms with Crippen LogP contribution in [0.3, 0.4) is 0 Å². The number of carbonyl (C=O) groups is 1. The van der Waals surface area contributed by atoms with Crippen LogP contribution in [0.1, 0.15) is 13.8 Å². The Balaban J connectivity index is 2.29. The molecule has 2 aliphatic rings. The van der Waals surface area contributed by atoms with Gasteiger partial charge in [-0.1, -0.05) is 19.0 Å². The topological polar surface area (TPSA) is 58.9 Å². The van der Waals surface area contributed by atoms with E-state index in [0.717, 1.165) is 0 Å². The van der Waals surface area contributed by atoms with Crippen molar-refractivity contribution in [3.05, 3.63) is 0 Å². The summed E-state index contributed by atoms with van der Waals surface area (Å²) in [5.74, 6) is -0.0193. The Bertz CT molecular complexity index is 269. The lowest BCUT2D eigenvalue weighted by Gasteiger charge is -2.09. The average Bonchev–Trinajstić information content (AvgIpc) is 2.55. The van der Waals surface area contributed by atoms with E-state index in [0.29, 0.717) is 12.5 Å². The molecule has 2 rings (SSSR count). The van der Waals surface area contributed by atoms with Gasteiger partial charge < -0.3 is 9.94 Å². The fourth-order valence-electron chi connectivity index (χ4n) is 2.07. The number of nitrogens with zero attached hydrogens (tertiary/aromatic N) is 1. The maximum absolute atomic E-state index is 11.0. The minimum absolute atomic E-state index is 0.0632. The molecule has 4 nitrogen and oxygen atoms in total. The van der Waals surface area contributed by atoms with Crippen molar-refractivity contribution in [2.75, 3.05) is 6.61 Å². The number of cyclic esters (lactones) is 1. The Kier molecular flexibility index (Phi) is 1.26. The lowest BCUT2D eigenvalue weighted by Crippen LogP contribution is -2.26. The number of carbonyl (C=O) groups excluding carboxylic acids is 1. The van der Waals surface area contributed by atoms with Gasteiger partial charge in [-0.2, -0.15) is 0 Å². The molecule has 2 atom stereocenters. The van der Waals surface area contributed by atoms with Crippen LogP contribution in [0.4, 0.5) is 0 Å². The fourth-order valence-corrected chi connectivity index (χ4v) is 2.07. The van der Waals surface area contributed by atoms with Gasteiger partial charge in [0.05, 0.1) is 6.61 Å². The van der Waals surface area contributed by atoms with E-state index in [1.54, 1.807) is 0 Å². The van der Waals surface area contributed by atoms with Gasteiger partial charge in [0.1, 0.15) is 0 Å². The maximum Gasteiger partial charge on any atom is 0.356 e. The van der Waals surface area contributed by atoms with E-state index in [1.807, 2.05) is 0 Å². The van der Waals surface area contributed by atoms with Crippen LogP contribution in [0.15, 0.2) is 5.16 Å². The minimum atomic E-state index is -0.468. The lowest BCUT2D eigenvalue weighted by molar-refractivity contribution is -0.137. The van der Waals surface area contributed by atoms with E-state index >= 15 is 0 Å². The first-order valence-electron chi connectivity index (χ1n) is 3.98. The van der Waals surface area contributed by atoms with Crippen LogP contribution in [0.2, 0.25) is 0 Å². The van der Waals surface area contributed by atoms with E-state index in [9.17, 15) is 4.79 Å². The van der Waals surface area contributed by atoms with Gasteiger partial charge in [-0.15, -0.1) is 0 Å². The second kappa shape index (κ2) is 2.00. The molecule has 0 amide bonds. The van der Waals surface area contributed by atoms with E-state index in [4.69, 9.17) is 9.94 Å². The molecule has 0 aromatic heterocycles. The molecule has 0 radical (unpaired) electrons. The first kappa shape index (κ1) is 7.58. The van der Waals surface area contributed by atoms with Gasteiger partial charge in [-0.05, 0) is 5.41 Å². The molecule has 1 saturated carbocycles. The smallest absolute Gasteiger partial charge is 0.356 e. The summed E-state index contributed by atoms with van der Waals surface area (Å²) in [7, 11) is 0. The molecule has 2 fully saturated rings. The van der Waals surface area contributed by atoms with Crippen molar-refractivity contribution in [3.8, 4) is 0 Å². The molecule has 1 saturated heterocycles. The lowest BCUT2D eigenvalue weighted by atomic mass is 10.1. The molecule has 0 aromatic rings. The number of fused-ring (bicyclic) bond motifs is 1. The number of hydrogen-bond acceptors (Lipinski definition) is 4. The van der Waals surface area contributed by atoms with E-state index in [2.05, 4.69) is 19.0 Å². The second-order valence-electron chi connectivity index (χ2n) is 3.99. The Labute approximate surface area is 70.2 Å². The van der Waals surface area contributed by atoms with Crippen molar-refractivity contribution >= 4 is 11.7 Å². The van der Waals surface area contributed by atoms with Gasteiger partial charge in [-0.25, -0.2) is 4.79 Å². The van der Waals surface area contributed by atoms with Crippen molar-refractivity contribution in [1.29, 1.82) is 0 Å². The van der Waals surface area contributed by atoms with Crippen molar-refractivity contribution in [2.24, 2.45) is 22.4 Å². The van der Waals surface area contributed by atoms with E-state index in [1.165, 1.54) is 0 Å². The summed E-state index contributed by atoms with van der Waals surface area (Å²) in [4.78, 5) is 11.0. The quantitative estimate of drug-likeness (QED) is 0.329. The molecular weight excluding hydrogens is 158 g/mol. The largest absolute Gasteiger partial charge is 0.461 e. The molecule has 1 heterocycles. The monoisotopic (exact) mass is 169 g/mol. The van der Waals surface area contributed by atoms with E-state index in [-0.39, 0.29) is 17.0 Å². The van der Waals surface area contributed by atoms with Gasteiger partial charge in [0.2, 0.25) is 0 Å². The van der Waals surface area contributed by atoms with Crippen LogP contribution in [0.25, 0.3) is 0 Å². The van der Waals surface area contributed by atoms with Gasteiger partial charge in [-0.3, -0.25) is 0 Å². The molecule has 0 spiro atoms. The van der Waals surface area contributed by atoms with Crippen LogP contribution < -0.4 is 0 Å². The highest BCUT2D eigenvalue weighted by Gasteiger charge is 2.64. The third kappa shape index (κ3) is 0.722. The molecule has 0 bridgehead atoms. The Morgan fingerprint density at radius 2 is 2.33 bits per heavy atom. The summed E-state index contributed by atoms with van der Waals surface area (Å²) >= 11 is 0. The minimum Gasteiger partial charge on any atom is -0.461 e. The summed E-state index contributed by atoms with van der Waals surface area (Å²) < 4.78 is 4.84. The second-order valence-corrected chi connectivity index (χ2v) is 3.99. The van der Waals surface area contributed by atoms with Gasteiger partial charge in [0.15, 0.2) is 5.71 Å². The van der Waals surface area contributed by atoms with Crippen LogP contribution >= 0.6 is 0 Å². The SMILES string of the molecule is CC1(C)[C@@H]2/C(=N/O)C(=O)OC[C@@H]21. The molecule has 0 unspecified atom stereocenters. The Hall–Kier alpha value is -1.06. The third-order valence-electron chi connectivity index (χ3n) is 3.06. The summed E-state index contributed by atoms with van der Waals surface area (Å²) in [5.41, 5.74) is 0.254. The highest BCUT2D eigenvalue weighted by Crippen LogP contribution is 2.60. The Morgan fingerprint density at radius 1 is 1.67 bits per heavy atom. The zero-order chi connectivity index (χ0) is 8.93. The van der Waals surface area contributed by atoms with Crippen LogP contribution in [0.5, 0.6) is 0 Å². The first-order chi connectivity index (χ1) is 5.59. The highest BCUT2D eigenvalue weighted by atomic mass is 16.5. The molecule has 1 N–H and O–H groups in total. The number of rotatable bonds is 0. The maximum atomic E-state index is 11.0. The molecule has 4 heteroatoms. The molecular formula is C8H11NO3. The standard InChI is InChI=1S/C8H11NO3/c1-8(2)4-3-12-7(10)6(9-11)5(4)8/h4-5,11H,3H2,1-2H3/b9-6-/t4-,5-/m0/s1. The number of esters is 1. The molecule has 66 valence electrons. The molecule has 1 aliphatic heterocycles. The van der Waals surface area contributed by atoms with Crippen LogP contribution in [-0.4, -0.2) is 23.5 Å². The number of ether oxygens (including phenoxy) is 1. The van der Waals surface area contributed by atoms with Crippen LogP contribution in [0, 0.1) is 17.3 Å². The van der Waals surface area contributed by atoms with Crippen molar-refractivity contribution in [3.63, 3.8) is 0 Å². The molecule has 0 aromatic carbocycles. The summed E-state index contributed by atoms with van der Waals surface area (Å²) in [6.07, 6.45) is 0. The average molecular weight is 169 g/mol. The number of hydrogen-bond donors (Lipinski definition) is 1.